The molecule has 50 heavy (non-hydrogen) atoms. The van der Waals surface area contributed by atoms with Gasteiger partial charge in [-0.2, -0.15) is 0 Å². The molecule has 2 heteroatoms. The van der Waals surface area contributed by atoms with Crippen LogP contribution in [0.4, 0.5) is 0 Å². The summed E-state index contributed by atoms with van der Waals surface area (Å²) in [4.78, 5) is 0. The third-order valence-electron chi connectivity index (χ3n) is 10.4. The zero-order valence-corrected chi connectivity index (χ0v) is 27.6. The van der Waals surface area contributed by atoms with Gasteiger partial charge in [0.2, 0.25) is 0 Å². The van der Waals surface area contributed by atoms with Gasteiger partial charge < -0.3 is 9.13 Å². The van der Waals surface area contributed by atoms with Crippen LogP contribution < -0.4 is 0 Å². The number of aromatic nitrogens is 2. The number of allylic oxidation sites excluding steroid dienone is 4. The van der Waals surface area contributed by atoms with Crippen LogP contribution in [0.3, 0.4) is 0 Å². The molecular weight excluding hydrogens is 605 g/mol. The number of fused-ring (bicyclic) bond motifs is 7. The van der Waals surface area contributed by atoms with Crippen LogP contribution in [0.15, 0.2) is 182 Å². The summed E-state index contributed by atoms with van der Waals surface area (Å²) in [7, 11) is 0. The summed E-state index contributed by atoms with van der Waals surface area (Å²) < 4.78 is 5.02. The van der Waals surface area contributed by atoms with Gasteiger partial charge in [0.15, 0.2) is 0 Å². The number of benzene rings is 7. The van der Waals surface area contributed by atoms with Gasteiger partial charge in [-0.25, -0.2) is 0 Å². The Morgan fingerprint density at radius 3 is 1.78 bits per heavy atom. The molecule has 236 valence electrons. The summed E-state index contributed by atoms with van der Waals surface area (Å²) >= 11 is 0. The predicted molar refractivity (Wildman–Crippen MR) is 213 cm³/mol. The van der Waals surface area contributed by atoms with E-state index in [9.17, 15) is 0 Å². The van der Waals surface area contributed by atoms with Gasteiger partial charge in [-0.3, -0.25) is 0 Å². The van der Waals surface area contributed by atoms with E-state index in [4.69, 9.17) is 0 Å². The van der Waals surface area contributed by atoms with Gasteiger partial charge in [0.05, 0.1) is 22.1 Å². The van der Waals surface area contributed by atoms with Crippen molar-refractivity contribution in [2.75, 3.05) is 0 Å². The average molecular weight is 639 g/mol. The van der Waals surface area contributed by atoms with E-state index < -0.39 is 0 Å². The molecule has 2 nitrogen and oxygen atoms in total. The second-order valence-electron chi connectivity index (χ2n) is 13.3. The number of nitrogens with zero attached hydrogens (tertiary/aromatic N) is 2. The van der Waals surface area contributed by atoms with Crippen LogP contribution in [0, 0.1) is 0 Å². The van der Waals surface area contributed by atoms with E-state index >= 15 is 0 Å². The van der Waals surface area contributed by atoms with E-state index in [1.807, 2.05) is 0 Å². The molecule has 0 bridgehead atoms. The molecule has 0 saturated carbocycles. The lowest BCUT2D eigenvalue weighted by Crippen LogP contribution is -2.01. The number of rotatable bonds is 5. The highest BCUT2D eigenvalue weighted by Crippen LogP contribution is 2.43. The SMILES string of the molecule is C1=C(c2ccccc2)C=C(n2c3ccccc3c3c2ccc2c4ccccc4n(-c4cccc(-c5cccc(-c6ccccc6)c5)c4)c23)CC1. The molecule has 1 aliphatic carbocycles. The normalized spacial score (nSPS) is 13.3. The summed E-state index contributed by atoms with van der Waals surface area (Å²) in [6, 6.07) is 61.9. The molecule has 2 heterocycles. The molecule has 0 fully saturated rings. The van der Waals surface area contributed by atoms with Crippen LogP contribution in [-0.4, -0.2) is 9.13 Å². The lowest BCUT2D eigenvalue weighted by molar-refractivity contribution is 0.983. The fourth-order valence-electron chi connectivity index (χ4n) is 8.11. The largest absolute Gasteiger partial charge is 0.313 e. The van der Waals surface area contributed by atoms with Crippen molar-refractivity contribution < 1.29 is 0 Å². The first kappa shape index (κ1) is 28.6. The Hall–Kier alpha value is -6.38. The minimum Gasteiger partial charge on any atom is -0.313 e. The third-order valence-corrected chi connectivity index (χ3v) is 10.4. The van der Waals surface area contributed by atoms with Crippen molar-refractivity contribution in [2.24, 2.45) is 0 Å². The highest BCUT2D eigenvalue weighted by atomic mass is 15.0. The maximum atomic E-state index is 2.52. The summed E-state index contributed by atoms with van der Waals surface area (Å²) in [6.45, 7) is 0. The molecule has 0 aliphatic heterocycles. The average Bonchev–Trinajstić information content (AvgIpc) is 3.72. The standard InChI is InChI=1S/C48H34N2/c1-3-14-33(15-4-1)35-18-11-19-36(30-35)38-21-13-23-40(32-38)50-44-26-9-7-24-41(44)42-28-29-46-47(48(42)50)43-25-8-10-27-45(43)49(46)39-22-12-20-37(31-39)34-16-5-2-6-17-34/h1-11,13-21,23-32H,12,22H2. The molecule has 2 aromatic heterocycles. The molecule has 7 aromatic carbocycles. The number of hydrogen-bond donors (Lipinski definition) is 0. The van der Waals surface area contributed by atoms with E-state index in [1.54, 1.807) is 0 Å². The van der Waals surface area contributed by atoms with Gasteiger partial charge in [-0.05, 0) is 88.7 Å². The molecule has 0 spiro atoms. The molecule has 1 aliphatic rings. The lowest BCUT2D eigenvalue weighted by atomic mass is 9.97. The molecule has 9 aromatic rings. The van der Waals surface area contributed by atoms with Gasteiger partial charge in [-0.15, -0.1) is 0 Å². The summed E-state index contributed by atoms with van der Waals surface area (Å²) in [5, 5.41) is 5.11. The van der Waals surface area contributed by atoms with Gasteiger partial charge in [-0.1, -0.05) is 140 Å². The molecule has 0 atom stereocenters. The van der Waals surface area contributed by atoms with Crippen LogP contribution in [-0.2, 0) is 0 Å². The Bertz CT molecular complexity index is 2790. The quantitative estimate of drug-likeness (QED) is 0.178. The summed E-state index contributed by atoms with van der Waals surface area (Å²) in [5.74, 6) is 0. The van der Waals surface area contributed by atoms with Gasteiger partial charge in [0.25, 0.3) is 0 Å². The fourth-order valence-corrected chi connectivity index (χ4v) is 8.11. The molecule has 0 unspecified atom stereocenters. The zero-order valence-electron chi connectivity index (χ0n) is 27.6. The molecule has 0 amide bonds. The maximum absolute atomic E-state index is 2.52. The van der Waals surface area contributed by atoms with Gasteiger partial charge in [0.1, 0.15) is 0 Å². The molecule has 0 saturated heterocycles. The van der Waals surface area contributed by atoms with Crippen molar-refractivity contribution in [1.29, 1.82) is 0 Å². The second kappa shape index (κ2) is 11.6. The lowest BCUT2D eigenvalue weighted by Gasteiger charge is -2.18. The minimum atomic E-state index is 0.995. The van der Waals surface area contributed by atoms with Crippen molar-refractivity contribution >= 4 is 54.9 Å². The van der Waals surface area contributed by atoms with Crippen LogP contribution in [0.1, 0.15) is 18.4 Å². The summed E-state index contributed by atoms with van der Waals surface area (Å²) in [6.07, 6.45) is 6.79. The number of para-hydroxylation sites is 2. The Kier molecular flexibility index (Phi) is 6.67. The molecule has 10 rings (SSSR count). The first-order chi connectivity index (χ1) is 24.8. The third kappa shape index (κ3) is 4.57. The van der Waals surface area contributed by atoms with E-state index in [0.29, 0.717) is 0 Å². The van der Waals surface area contributed by atoms with Crippen molar-refractivity contribution in [3.63, 3.8) is 0 Å². The van der Waals surface area contributed by atoms with E-state index in [2.05, 4.69) is 191 Å². The predicted octanol–water partition coefficient (Wildman–Crippen LogP) is 12.9. The molecule has 0 N–H and O–H groups in total. The monoisotopic (exact) mass is 638 g/mol. The van der Waals surface area contributed by atoms with Crippen molar-refractivity contribution in [3.05, 3.63) is 188 Å². The second-order valence-corrected chi connectivity index (χ2v) is 13.3. The van der Waals surface area contributed by atoms with Crippen LogP contribution in [0.5, 0.6) is 0 Å². The zero-order chi connectivity index (χ0) is 33.0. The van der Waals surface area contributed by atoms with Crippen LogP contribution >= 0.6 is 0 Å². The number of hydrogen-bond acceptors (Lipinski definition) is 0. The van der Waals surface area contributed by atoms with Crippen molar-refractivity contribution in [2.45, 2.75) is 12.8 Å². The van der Waals surface area contributed by atoms with Crippen LogP contribution in [0.2, 0.25) is 0 Å². The Labute approximate surface area is 291 Å². The highest BCUT2D eigenvalue weighted by molar-refractivity contribution is 6.26. The highest BCUT2D eigenvalue weighted by Gasteiger charge is 2.22. The van der Waals surface area contributed by atoms with Gasteiger partial charge >= 0.3 is 0 Å². The Morgan fingerprint density at radius 1 is 0.400 bits per heavy atom. The Morgan fingerprint density at radius 2 is 1.00 bits per heavy atom. The Balaban J connectivity index is 1.22. The first-order valence-corrected chi connectivity index (χ1v) is 17.5. The summed E-state index contributed by atoms with van der Waals surface area (Å²) in [5.41, 5.74) is 14.9. The van der Waals surface area contributed by atoms with E-state index in [-0.39, 0.29) is 0 Å². The van der Waals surface area contributed by atoms with Crippen molar-refractivity contribution in [1.82, 2.24) is 9.13 Å². The maximum Gasteiger partial charge on any atom is 0.0641 e. The van der Waals surface area contributed by atoms with E-state index in [1.165, 1.54) is 82.7 Å². The van der Waals surface area contributed by atoms with E-state index in [0.717, 1.165) is 18.5 Å². The van der Waals surface area contributed by atoms with Crippen LogP contribution in [0.25, 0.3) is 82.8 Å². The topological polar surface area (TPSA) is 9.86 Å². The smallest absolute Gasteiger partial charge is 0.0641 e. The minimum absolute atomic E-state index is 0.995. The van der Waals surface area contributed by atoms with Crippen molar-refractivity contribution in [3.8, 4) is 27.9 Å². The molecule has 0 radical (unpaired) electrons. The molecular formula is C48H34N2. The first-order valence-electron chi connectivity index (χ1n) is 17.5. The fraction of sp³-hybridized carbons (Fsp3) is 0.0417. The van der Waals surface area contributed by atoms with Gasteiger partial charge in [0, 0.05) is 32.9 Å².